The van der Waals surface area contributed by atoms with Crippen molar-refractivity contribution in [2.75, 3.05) is 5.32 Å². The number of carbonyl (C=O) groups is 3. The molecule has 9 heteroatoms. The molecule has 4 fully saturated rings. The molecule has 5 atom stereocenters. The van der Waals surface area contributed by atoms with Crippen LogP contribution in [0.1, 0.15) is 51.2 Å². The number of hydrogen-bond acceptors (Lipinski definition) is 6. The molecule has 9 nitrogen and oxygen atoms in total. The van der Waals surface area contributed by atoms with Gasteiger partial charge in [0, 0.05) is 18.2 Å². The van der Waals surface area contributed by atoms with Gasteiger partial charge in [-0.2, -0.15) is 0 Å². The average Bonchev–Trinajstić information content (AvgIpc) is 3.06. The van der Waals surface area contributed by atoms with Crippen LogP contribution in [-0.4, -0.2) is 57.1 Å². The van der Waals surface area contributed by atoms with Gasteiger partial charge in [-0.15, -0.1) is 0 Å². The molecule has 2 aliphatic carbocycles. The highest BCUT2D eigenvalue weighted by atomic mass is 16.5. The van der Waals surface area contributed by atoms with Crippen molar-refractivity contribution in [2.24, 2.45) is 11.8 Å². The fourth-order valence-electron chi connectivity index (χ4n) is 6.29. The Morgan fingerprint density at radius 3 is 2.56 bits per heavy atom. The Morgan fingerprint density at radius 1 is 1.16 bits per heavy atom. The normalized spacial score (nSPS) is 37.9. The Hall–Kier alpha value is -2.68. The van der Waals surface area contributed by atoms with E-state index in [0.717, 1.165) is 38.5 Å². The van der Waals surface area contributed by atoms with Gasteiger partial charge in [0.15, 0.2) is 5.82 Å². The molecule has 0 unspecified atom stereocenters. The van der Waals surface area contributed by atoms with E-state index in [1.165, 1.54) is 0 Å². The number of likely N-dealkylation sites (tertiary alicyclic amines) is 1. The van der Waals surface area contributed by atoms with Gasteiger partial charge < -0.3 is 24.8 Å². The summed E-state index contributed by atoms with van der Waals surface area (Å²) in [5.74, 6) is -1.30. The average molecular weight is 441 g/mol. The van der Waals surface area contributed by atoms with Crippen LogP contribution in [0, 0.1) is 18.8 Å². The summed E-state index contributed by atoms with van der Waals surface area (Å²) in [4.78, 5) is 42.4. The summed E-state index contributed by atoms with van der Waals surface area (Å²) >= 11 is 0. The summed E-state index contributed by atoms with van der Waals surface area (Å²) in [7, 11) is 0. The molecule has 6 rings (SSSR count). The second-order valence-corrected chi connectivity index (χ2v) is 10.1. The van der Waals surface area contributed by atoms with Gasteiger partial charge in [0.1, 0.15) is 17.4 Å². The van der Waals surface area contributed by atoms with Crippen molar-refractivity contribution < 1.29 is 23.6 Å². The van der Waals surface area contributed by atoms with Crippen LogP contribution in [0.2, 0.25) is 0 Å². The summed E-state index contributed by atoms with van der Waals surface area (Å²) in [5, 5.41) is 9.80. The van der Waals surface area contributed by atoms with E-state index in [1.807, 2.05) is 19.1 Å². The van der Waals surface area contributed by atoms with E-state index in [0.29, 0.717) is 11.6 Å². The molecule has 1 aromatic rings. The summed E-state index contributed by atoms with van der Waals surface area (Å²) in [6.45, 7) is 3.56. The Kier molecular flexibility index (Phi) is 4.16. The van der Waals surface area contributed by atoms with E-state index < -0.39 is 29.1 Å². The Bertz CT molecular complexity index is 1030. The van der Waals surface area contributed by atoms with Crippen LogP contribution >= 0.6 is 0 Å². The maximum absolute atomic E-state index is 13.7. The number of rotatable bonds is 5. The van der Waals surface area contributed by atoms with Crippen LogP contribution in [-0.2, 0) is 19.1 Å². The summed E-state index contributed by atoms with van der Waals surface area (Å²) < 4.78 is 11.5. The van der Waals surface area contributed by atoms with Gasteiger partial charge in [-0.1, -0.05) is 30.2 Å². The molecule has 5 aliphatic rings. The number of fused-ring (bicyclic) bond motifs is 1. The largest absolute Gasteiger partial charge is 0.360 e. The monoisotopic (exact) mass is 440 g/mol. The molecule has 2 saturated heterocycles. The lowest BCUT2D eigenvalue weighted by Gasteiger charge is -2.33. The molecule has 3 amide bonds. The molecular formula is C23H28N4O5. The number of nitrogens with zero attached hydrogens (tertiary/aromatic N) is 2. The van der Waals surface area contributed by atoms with Crippen LogP contribution in [0.15, 0.2) is 22.7 Å². The first kappa shape index (κ1) is 20.0. The first-order chi connectivity index (χ1) is 15.3. The van der Waals surface area contributed by atoms with E-state index in [2.05, 4.69) is 15.8 Å². The maximum Gasteiger partial charge on any atom is 0.246 e. The second kappa shape index (κ2) is 6.66. The molecule has 2 saturated carbocycles. The zero-order chi connectivity index (χ0) is 22.3. The lowest BCUT2D eigenvalue weighted by atomic mass is 9.70. The number of ether oxygens (including phenoxy) is 1. The molecule has 2 N–H and O–H groups in total. The van der Waals surface area contributed by atoms with E-state index in [9.17, 15) is 14.4 Å². The zero-order valence-electron chi connectivity index (χ0n) is 18.3. The van der Waals surface area contributed by atoms with E-state index >= 15 is 0 Å². The van der Waals surface area contributed by atoms with Gasteiger partial charge in [-0.25, -0.2) is 0 Å². The first-order valence-electron chi connectivity index (χ1n) is 11.6. The fraction of sp³-hybridized carbons (Fsp3) is 0.652. The number of aromatic nitrogens is 1. The topological polar surface area (TPSA) is 114 Å². The van der Waals surface area contributed by atoms with Crippen molar-refractivity contribution in [3.8, 4) is 0 Å². The van der Waals surface area contributed by atoms with Crippen molar-refractivity contribution in [1.82, 2.24) is 15.4 Å². The minimum Gasteiger partial charge on any atom is -0.360 e. The summed E-state index contributed by atoms with van der Waals surface area (Å²) in [6.07, 6.45) is 9.59. The molecule has 2 bridgehead atoms. The lowest BCUT2D eigenvalue weighted by molar-refractivity contribution is -0.144. The summed E-state index contributed by atoms with van der Waals surface area (Å²) in [6, 6.07) is 1.05. The van der Waals surface area contributed by atoms with Gasteiger partial charge in [0.05, 0.1) is 17.4 Å². The van der Waals surface area contributed by atoms with Crippen LogP contribution in [0.3, 0.4) is 0 Å². The molecule has 0 aromatic carbocycles. The first-order valence-corrected chi connectivity index (χ1v) is 11.6. The van der Waals surface area contributed by atoms with Crippen molar-refractivity contribution >= 4 is 23.5 Å². The standard InChI is InChI=1S/C23H28N4O5/c1-12-11-15(26-31-12)25-19(28)16-17-21(30)27(14-7-8-14)18(20(29)24-13-5-3-4-6-13)23(17)10-9-22(16,2)32-23/h9-11,13-14,16-18H,3-8H2,1-2H3,(H,24,29)(H,25,26,28)/t16-,17-,18+,22+,23+/m0/s1. The van der Waals surface area contributed by atoms with Crippen molar-refractivity contribution in [3.63, 3.8) is 0 Å². The molecule has 1 aromatic heterocycles. The van der Waals surface area contributed by atoms with Crippen LogP contribution < -0.4 is 10.6 Å². The third-order valence-electron chi connectivity index (χ3n) is 7.79. The van der Waals surface area contributed by atoms with Crippen molar-refractivity contribution in [2.45, 2.75) is 81.7 Å². The SMILES string of the molecule is Cc1cc(NC(=O)[C@@H]2[C@H]3C(=O)N(C4CC4)[C@H](C(=O)NC4CCCC4)[C@@]34C=C[C@@]2(C)O4)no1. The third kappa shape index (κ3) is 2.73. The van der Waals surface area contributed by atoms with Crippen LogP contribution in [0.25, 0.3) is 0 Å². The molecule has 32 heavy (non-hydrogen) atoms. The predicted octanol–water partition coefficient (Wildman–Crippen LogP) is 1.68. The molecule has 3 aliphatic heterocycles. The lowest BCUT2D eigenvalue weighted by Crippen LogP contribution is -2.56. The number of aryl methyl sites for hydroxylation is 1. The molecule has 170 valence electrons. The Labute approximate surface area is 185 Å². The summed E-state index contributed by atoms with van der Waals surface area (Å²) in [5.41, 5.74) is -2.09. The highest BCUT2D eigenvalue weighted by Crippen LogP contribution is 2.61. The van der Waals surface area contributed by atoms with Gasteiger partial charge in [-0.05, 0) is 39.5 Å². The minimum absolute atomic E-state index is 0.0348. The Balaban J connectivity index is 1.34. The van der Waals surface area contributed by atoms with Crippen molar-refractivity contribution in [3.05, 3.63) is 24.0 Å². The number of carbonyl (C=O) groups excluding carboxylic acids is 3. The predicted molar refractivity (Wildman–Crippen MR) is 112 cm³/mol. The molecule has 1 spiro atoms. The van der Waals surface area contributed by atoms with E-state index in [-0.39, 0.29) is 29.8 Å². The maximum atomic E-state index is 13.7. The van der Waals surface area contributed by atoms with Gasteiger partial charge in [-0.3, -0.25) is 14.4 Å². The number of amides is 3. The third-order valence-corrected chi connectivity index (χ3v) is 7.79. The Morgan fingerprint density at radius 2 is 1.91 bits per heavy atom. The van der Waals surface area contributed by atoms with Gasteiger partial charge >= 0.3 is 0 Å². The van der Waals surface area contributed by atoms with Crippen LogP contribution in [0.5, 0.6) is 0 Å². The highest BCUT2D eigenvalue weighted by molar-refractivity contribution is 6.03. The second-order valence-electron chi connectivity index (χ2n) is 10.1. The van der Waals surface area contributed by atoms with Crippen LogP contribution in [0.4, 0.5) is 5.82 Å². The number of hydrogen-bond donors (Lipinski definition) is 2. The van der Waals surface area contributed by atoms with E-state index in [1.54, 1.807) is 17.9 Å². The number of nitrogens with one attached hydrogen (secondary N) is 2. The quantitative estimate of drug-likeness (QED) is 0.674. The number of anilines is 1. The highest BCUT2D eigenvalue weighted by Gasteiger charge is 2.77. The molecule has 0 radical (unpaired) electrons. The van der Waals surface area contributed by atoms with Gasteiger partial charge in [0.25, 0.3) is 0 Å². The molecular weight excluding hydrogens is 412 g/mol. The van der Waals surface area contributed by atoms with Gasteiger partial charge in [0.2, 0.25) is 17.7 Å². The zero-order valence-corrected chi connectivity index (χ0v) is 18.3. The fourth-order valence-corrected chi connectivity index (χ4v) is 6.29. The minimum atomic E-state index is -1.13. The van der Waals surface area contributed by atoms with E-state index in [4.69, 9.17) is 9.26 Å². The molecule has 4 heterocycles. The van der Waals surface area contributed by atoms with Crippen molar-refractivity contribution in [1.29, 1.82) is 0 Å². The smallest absolute Gasteiger partial charge is 0.246 e.